The zero-order valence-electron chi connectivity index (χ0n) is 19.8. The molecule has 1 saturated heterocycles. The van der Waals surface area contributed by atoms with Crippen LogP contribution in [0.1, 0.15) is 29.0 Å². The van der Waals surface area contributed by atoms with Crippen molar-refractivity contribution in [2.24, 2.45) is 0 Å². The first-order valence-corrected chi connectivity index (χ1v) is 11.7. The fourth-order valence-corrected chi connectivity index (χ4v) is 4.51. The Morgan fingerprint density at radius 3 is 2.61 bits per heavy atom. The number of pyridine rings is 1. The molecule has 0 saturated carbocycles. The number of halogens is 1. The van der Waals surface area contributed by atoms with E-state index in [9.17, 15) is 9.18 Å². The molecule has 1 aliphatic rings. The molecular weight excluding hydrogens is 459 g/mol. The van der Waals surface area contributed by atoms with Crippen molar-refractivity contribution in [3.05, 3.63) is 71.9 Å². The van der Waals surface area contributed by atoms with Crippen molar-refractivity contribution < 1.29 is 9.18 Å². The van der Waals surface area contributed by atoms with Crippen molar-refractivity contribution in [3.63, 3.8) is 0 Å². The van der Waals surface area contributed by atoms with E-state index in [1.54, 1.807) is 11.0 Å². The third-order valence-electron chi connectivity index (χ3n) is 6.33. The van der Waals surface area contributed by atoms with E-state index in [-0.39, 0.29) is 17.4 Å². The summed E-state index contributed by atoms with van der Waals surface area (Å²) >= 11 is 0. The molecule has 0 bridgehead atoms. The van der Waals surface area contributed by atoms with Crippen LogP contribution in [0.5, 0.6) is 0 Å². The second kappa shape index (κ2) is 9.74. The number of nitrogen functional groups attached to an aromatic ring is 2. The highest BCUT2D eigenvalue weighted by Gasteiger charge is 2.29. The maximum atomic E-state index is 14.5. The molecule has 1 aliphatic heterocycles. The normalized spacial score (nSPS) is 14.6. The molecule has 1 amide bonds. The number of nitrogens with zero attached hydrogens (tertiary/aromatic N) is 4. The summed E-state index contributed by atoms with van der Waals surface area (Å²) < 4.78 is 14.5. The molecule has 10 heteroatoms. The maximum absolute atomic E-state index is 14.5. The Kier molecular flexibility index (Phi) is 6.34. The average molecular weight is 487 g/mol. The van der Waals surface area contributed by atoms with Gasteiger partial charge in [-0.05, 0) is 30.7 Å². The third-order valence-corrected chi connectivity index (χ3v) is 6.33. The number of rotatable bonds is 5. The molecule has 3 heterocycles. The molecule has 1 unspecified atom stereocenters. The molecule has 1 fully saturated rings. The molecule has 36 heavy (non-hydrogen) atoms. The molecule has 5 rings (SSSR count). The smallest absolute Gasteiger partial charge is 0.255 e. The number of benzene rings is 2. The Morgan fingerprint density at radius 2 is 1.86 bits per heavy atom. The molecule has 1 atom stereocenters. The fraction of sp³-hybridized carbons (Fsp3) is 0.231. The second-order valence-corrected chi connectivity index (χ2v) is 8.70. The minimum absolute atomic E-state index is 0.160. The zero-order chi connectivity index (χ0) is 25.2. The van der Waals surface area contributed by atoms with Gasteiger partial charge in [-0.3, -0.25) is 4.79 Å². The number of aromatic nitrogens is 3. The SMILES string of the molecule is CC(Nc1ncnc(N)c1N)c1nc2ccc(F)cc2c(C(=O)N2CCNCC2)c1-c1ccccc1. The van der Waals surface area contributed by atoms with Gasteiger partial charge in [0.15, 0.2) is 11.6 Å². The lowest BCUT2D eigenvalue weighted by Gasteiger charge is -2.30. The maximum Gasteiger partial charge on any atom is 0.255 e. The number of piperazine rings is 1. The Labute approximate surface area is 207 Å². The standard InChI is InChI=1S/C26H27FN8O/c1-15(33-25-22(28)24(29)31-14-32-25)23-20(16-5-3-2-4-6-16)21(26(36)35-11-9-30-10-12-35)18-13-17(27)7-8-19(18)34-23/h2-8,13-15,30H,9-12,28H2,1H3,(H3,29,31,32,33). The van der Waals surface area contributed by atoms with Crippen LogP contribution in [-0.2, 0) is 0 Å². The summed E-state index contributed by atoms with van der Waals surface area (Å²) in [6, 6.07) is 13.4. The molecule has 4 aromatic rings. The van der Waals surface area contributed by atoms with Crippen LogP contribution < -0.4 is 22.1 Å². The lowest BCUT2D eigenvalue weighted by molar-refractivity contribution is 0.0738. The molecule has 0 radical (unpaired) electrons. The van der Waals surface area contributed by atoms with Crippen LogP contribution in [0.2, 0.25) is 0 Å². The minimum Gasteiger partial charge on any atom is -0.393 e. The molecule has 6 N–H and O–H groups in total. The van der Waals surface area contributed by atoms with E-state index in [2.05, 4.69) is 20.6 Å². The van der Waals surface area contributed by atoms with Crippen LogP contribution in [0, 0.1) is 5.82 Å². The molecule has 9 nitrogen and oxygen atoms in total. The lowest BCUT2D eigenvalue weighted by Crippen LogP contribution is -2.46. The Hall–Kier alpha value is -4.31. The van der Waals surface area contributed by atoms with Crippen LogP contribution >= 0.6 is 0 Å². The first-order valence-electron chi connectivity index (χ1n) is 11.7. The number of amides is 1. The highest BCUT2D eigenvalue weighted by atomic mass is 19.1. The van der Waals surface area contributed by atoms with Crippen molar-refractivity contribution in [1.82, 2.24) is 25.2 Å². The summed E-state index contributed by atoms with van der Waals surface area (Å²) in [6.45, 7) is 4.42. The van der Waals surface area contributed by atoms with E-state index >= 15 is 0 Å². The van der Waals surface area contributed by atoms with E-state index in [0.29, 0.717) is 59.7 Å². The molecule has 2 aromatic heterocycles. The Bertz CT molecular complexity index is 1420. The van der Waals surface area contributed by atoms with Gasteiger partial charge in [-0.1, -0.05) is 30.3 Å². The van der Waals surface area contributed by atoms with E-state index in [1.807, 2.05) is 37.3 Å². The monoisotopic (exact) mass is 486 g/mol. The first kappa shape index (κ1) is 23.4. The van der Waals surface area contributed by atoms with Crippen LogP contribution in [0.4, 0.5) is 21.7 Å². The van der Waals surface area contributed by atoms with Crippen molar-refractivity contribution in [1.29, 1.82) is 0 Å². The molecule has 0 aliphatic carbocycles. The van der Waals surface area contributed by atoms with Gasteiger partial charge in [0.1, 0.15) is 17.8 Å². The average Bonchev–Trinajstić information content (AvgIpc) is 2.90. The number of nitrogens with two attached hydrogens (primary N) is 2. The van der Waals surface area contributed by atoms with Crippen LogP contribution in [-0.4, -0.2) is 51.9 Å². The van der Waals surface area contributed by atoms with Gasteiger partial charge in [-0.15, -0.1) is 0 Å². The summed E-state index contributed by atoms with van der Waals surface area (Å²) in [6.07, 6.45) is 1.33. The number of anilines is 3. The largest absolute Gasteiger partial charge is 0.393 e. The van der Waals surface area contributed by atoms with Crippen LogP contribution in [0.25, 0.3) is 22.0 Å². The summed E-state index contributed by atoms with van der Waals surface area (Å²) in [5, 5.41) is 7.01. The highest BCUT2D eigenvalue weighted by Crippen LogP contribution is 2.37. The molecule has 184 valence electrons. The third kappa shape index (κ3) is 4.38. The second-order valence-electron chi connectivity index (χ2n) is 8.70. The predicted octanol–water partition coefficient (Wildman–Crippen LogP) is 3.21. The van der Waals surface area contributed by atoms with Crippen molar-refractivity contribution in [3.8, 4) is 11.1 Å². The Morgan fingerprint density at radius 1 is 1.11 bits per heavy atom. The van der Waals surface area contributed by atoms with Gasteiger partial charge in [0.25, 0.3) is 5.91 Å². The first-order chi connectivity index (χ1) is 17.4. The van der Waals surface area contributed by atoms with Gasteiger partial charge in [0.05, 0.1) is 22.8 Å². The minimum atomic E-state index is -0.430. The van der Waals surface area contributed by atoms with Gasteiger partial charge >= 0.3 is 0 Å². The topological polar surface area (TPSA) is 135 Å². The number of nitrogens with one attached hydrogen (secondary N) is 2. The van der Waals surface area contributed by atoms with Crippen molar-refractivity contribution >= 4 is 34.1 Å². The Balaban J connectivity index is 1.75. The molecular formula is C26H27FN8O. The fourth-order valence-electron chi connectivity index (χ4n) is 4.51. The van der Waals surface area contributed by atoms with Gasteiger partial charge in [0, 0.05) is 37.1 Å². The van der Waals surface area contributed by atoms with Gasteiger partial charge < -0.3 is 27.0 Å². The molecule has 2 aromatic carbocycles. The highest BCUT2D eigenvalue weighted by molar-refractivity contribution is 6.12. The van der Waals surface area contributed by atoms with Gasteiger partial charge in [-0.25, -0.2) is 19.3 Å². The van der Waals surface area contributed by atoms with E-state index in [4.69, 9.17) is 16.5 Å². The summed E-state index contributed by atoms with van der Waals surface area (Å²) in [5.41, 5.74) is 15.2. The predicted molar refractivity (Wildman–Crippen MR) is 139 cm³/mol. The van der Waals surface area contributed by atoms with Crippen LogP contribution in [0.15, 0.2) is 54.9 Å². The number of fused-ring (bicyclic) bond motifs is 1. The summed E-state index contributed by atoms with van der Waals surface area (Å²) in [4.78, 5) is 28.9. The van der Waals surface area contributed by atoms with Gasteiger partial charge in [-0.2, -0.15) is 0 Å². The van der Waals surface area contributed by atoms with E-state index < -0.39 is 11.9 Å². The van der Waals surface area contributed by atoms with E-state index in [0.717, 1.165) is 5.56 Å². The van der Waals surface area contributed by atoms with E-state index in [1.165, 1.54) is 18.5 Å². The summed E-state index contributed by atoms with van der Waals surface area (Å²) in [7, 11) is 0. The van der Waals surface area contributed by atoms with Crippen LogP contribution in [0.3, 0.4) is 0 Å². The number of hydrogen-bond donors (Lipinski definition) is 4. The zero-order valence-corrected chi connectivity index (χ0v) is 19.8. The number of hydrogen-bond acceptors (Lipinski definition) is 8. The van der Waals surface area contributed by atoms with Gasteiger partial charge in [0.2, 0.25) is 0 Å². The number of carbonyl (C=O) groups is 1. The lowest BCUT2D eigenvalue weighted by atomic mass is 9.91. The van der Waals surface area contributed by atoms with Crippen molar-refractivity contribution in [2.75, 3.05) is 43.0 Å². The quantitative estimate of drug-likeness (QED) is 0.338. The number of carbonyl (C=O) groups excluding carboxylic acids is 1. The molecule has 0 spiro atoms. The van der Waals surface area contributed by atoms with Crippen molar-refractivity contribution in [2.45, 2.75) is 13.0 Å². The summed E-state index contributed by atoms with van der Waals surface area (Å²) in [5.74, 6) is -0.0575.